The molecule has 2 aromatic rings. The van der Waals surface area contributed by atoms with Gasteiger partial charge in [0.25, 0.3) is 0 Å². The van der Waals surface area contributed by atoms with Crippen LogP contribution in [0.4, 0.5) is 0 Å². The molecule has 0 radical (unpaired) electrons. The van der Waals surface area contributed by atoms with E-state index in [1.807, 2.05) is 0 Å². The number of halogens is 4. The zero-order chi connectivity index (χ0) is 11.7. The Morgan fingerprint density at radius 2 is 0.938 bits per heavy atom. The lowest BCUT2D eigenvalue weighted by molar-refractivity contribution is 1.61. The molecule has 82 valence electrons. The van der Waals surface area contributed by atoms with E-state index in [0.29, 0.717) is 20.1 Å². The van der Waals surface area contributed by atoms with E-state index in [-0.39, 0.29) is 0 Å². The Labute approximate surface area is 114 Å². The Kier molecular flexibility index (Phi) is 3.66. The Bertz CT molecular complexity index is 485. The van der Waals surface area contributed by atoms with Crippen LogP contribution in [0.2, 0.25) is 20.1 Å². The predicted molar refractivity (Wildman–Crippen MR) is 71.9 cm³/mol. The highest BCUT2D eigenvalue weighted by Gasteiger charge is 2.09. The fourth-order valence-electron chi connectivity index (χ4n) is 1.41. The zero-order valence-corrected chi connectivity index (χ0v) is 11.0. The minimum atomic E-state index is 0.591. The van der Waals surface area contributed by atoms with Crippen molar-refractivity contribution < 1.29 is 0 Å². The lowest BCUT2D eigenvalue weighted by Gasteiger charge is -2.07. The van der Waals surface area contributed by atoms with Gasteiger partial charge in [0.2, 0.25) is 0 Å². The van der Waals surface area contributed by atoms with Crippen molar-refractivity contribution in [1.29, 1.82) is 0 Å². The Balaban J connectivity index is 2.66. The van der Waals surface area contributed by atoms with Gasteiger partial charge in [0, 0.05) is 31.2 Å². The molecular formula is C12H6Cl4. The van der Waals surface area contributed by atoms with E-state index in [9.17, 15) is 0 Å². The van der Waals surface area contributed by atoms with E-state index in [1.165, 1.54) is 0 Å². The maximum atomic E-state index is 6.09. The summed E-state index contributed by atoms with van der Waals surface area (Å²) < 4.78 is 0. The molecule has 0 fully saturated rings. The summed E-state index contributed by atoms with van der Waals surface area (Å²) >= 11 is 24.0. The van der Waals surface area contributed by atoms with Gasteiger partial charge in [-0.25, -0.2) is 0 Å². The molecule has 0 heterocycles. The molecule has 0 N–H and O–H groups in total. The summed E-state index contributed by atoms with van der Waals surface area (Å²) in [5.41, 5.74) is 1.56. The van der Waals surface area contributed by atoms with Gasteiger partial charge in [-0.15, -0.1) is 0 Å². The second kappa shape index (κ2) is 4.85. The minimum Gasteiger partial charge on any atom is -0.0843 e. The van der Waals surface area contributed by atoms with Crippen molar-refractivity contribution >= 4 is 46.4 Å². The van der Waals surface area contributed by atoms with Crippen LogP contribution in [0.15, 0.2) is 36.4 Å². The van der Waals surface area contributed by atoms with E-state index in [2.05, 4.69) is 0 Å². The van der Waals surface area contributed by atoms with Gasteiger partial charge in [0.15, 0.2) is 0 Å². The molecule has 0 aliphatic rings. The third-order valence-corrected chi connectivity index (χ3v) is 3.28. The first kappa shape index (κ1) is 12.1. The molecule has 0 aliphatic carbocycles. The molecule has 0 saturated heterocycles. The molecule has 0 atom stereocenters. The summed E-state index contributed by atoms with van der Waals surface area (Å²) in [5.74, 6) is 0. The van der Waals surface area contributed by atoms with E-state index in [4.69, 9.17) is 46.4 Å². The minimum absolute atomic E-state index is 0.591. The monoisotopic (exact) mass is 314 g/mol. The Hall–Kier alpha value is -0.400. The Morgan fingerprint density at radius 1 is 0.562 bits per heavy atom. The van der Waals surface area contributed by atoms with Crippen molar-refractivity contribution in [2.45, 2.75) is 0 Å². The number of hydrogen-bond acceptors (Lipinski definition) is 0. The molecule has 2 rings (SSSR count). The van der Waals surface area contributed by atoms with Crippen LogP contribution in [0.1, 0.15) is 0 Å². The maximum absolute atomic E-state index is 6.09. The van der Waals surface area contributed by atoms with Gasteiger partial charge in [-0.2, -0.15) is 0 Å². The molecule has 16 heavy (non-hydrogen) atoms. The second-order valence-corrected chi connectivity index (χ2v) is 4.94. The molecule has 0 spiro atoms. The normalized spacial score (nSPS) is 10.5. The smallest absolute Gasteiger partial charge is 0.0485 e. The van der Waals surface area contributed by atoms with Crippen LogP contribution >= 0.6 is 46.4 Å². The average Bonchev–Trinajstić information content (AvgIpc) is 2.25. The van der Waals surface area contributed by atoms with Crippen LogP contribution in [0.3, 0.4) is 0 Å². The highest BCUT2D eigenvalue weighted by Crippen LogP contribution is 2.36. The number of benzene rings is 2. The Morgan fingerprint density at radius 3 is 1.31 bits per heavy atom. The highest BCUT2D eigenvalue weighted by molar-refractivity contribution is 6.38. The van der Waals surface area contributed by atoms with E-state index >= 15 is 0 Å². The summed E-state index contributed by atoms with van der Waals surface area (Å²) in [6.07, 6.45) is 0. The molecule has 0 aliphatic heterocycles. The third kappa shape index (κ3) is 2.46. The van der Waals surface area contributed by atoms with Crippen LogP contribution in [-0.4, -0.2) is 0 Å². The van der Waals surface area contributed by atoms with Gasteiger partial charge in [-0.05, 0) is 36.4 Å². The molecule has 0 amide bonds. The van der Waals surface area contributed by atoms with Crippen LogP contribution in [-0.2, 0) is 0 Å². The molecule has 4 heteroatoms. The summed E-state index contributed by atoms with van der Waals surface area (Å²) in [6.45, 7) is 0. The standard InChI is InChI=1S/C12H6Cl4/c13-7-1-3-11(15)9(5-7)10-6-8(14)2-4-12(10)16/h1-6H/i1+2,2+2,3+2,4+2,5+2,6+2,7+2,8+2,9+2,10+2,11+2,12+2. The summed E-state index contributed by atoms with van der Waals surface area (Å²) in [5, 5.41) is 2.40. The maximum Gasteiger partial charge on any atom is 0.0485 e. The molecule has 2 aromatic carbocycles. The first-order chi connectivity index (χ1) is 7.58. The predicted octanol–water partition coefficient (Wildman–Crippen LogP) is 5.97. The number of hydrogen-bond donors (Lipinski definition) is 0. The van der Waals surface area contributed by atoms with Crippen LogP contribution in [0, 0.1) is 0 Å². The fourth-order valence-corrected chi connectivity index (χ4v) is 2.19. The summed E-state index contributed by atoms with van der Waals surface area (Å²) in [6, 6.07) is 10.5. The van der Waals surface area contributed by atoms with E-state index < -0.39 is 0 Å². The van der Waals surface area contributed by atoms with Crippen molar-refractivity contribution in [1.82, 2.24) is 0 Å². The van der Waals surface area contributed by atoms with Gasteiger partial charge in [0.05, 0.1) is 0 Å². The van der Waals surface area contributed by atoms with Crippen LogP contribution in [0.5, 0.6) is 0 Å². The molecule has 0 nitrogen and oxygen atoms in total. The summed E-state index contributed by atoms with van der Waals surface area (Å²) in [7, 11) is 0. The second-order valence-electron chi connectivity index (χ2n) is 3.25. The lowest BCUT2D eigenvalue weighted by Crippen LogP contribution is -1.82. The first-order valence-corrected chi connectivity index (χ1v) is 5.99. The molecule has 0 unspecified atom stereocenters. The SMILES string of the molecule is Cl[14c]1[14cH][14cH][14c](Cl)[14c](-[14c]2[14cH][14c](Cl)[14cH][14cH][14c]2Cl)[14cH]1. The van der Waals surface area contributed by atoms with E-state index in [0.717, 1.165) is 11.1 Å². The van der Waals surface area contributed by atoms with Crippen LogP contribution in [0.25, 0.3) is 11.1 Å². The van der Waals surface area contributed by atoms with Crippen molar-refractivity contribution in [2.75, 3.05) is 0 Å². The van der Waals surface area contributed by atoms with E-state index in [1.54, 1.807) is 36.4 Å². The van der Waals surface area contributed by atoms with Crippen molar-refractivity contribution in [3.8, 4) is 11.1 Å². The molecule has 0 saturated carbocycles. The topological polar surface area (TPSA) is 0 Å². The molecular weight excluding hydrogens is 310 g/mol. The largest absolute Gasteiger partial charge is 0.0843 e. The molecule has 0 bridgehead atoms. The quantitative estimate of drug-likeness (QED) is 0.608. The van der Waals surface area contributed by atoms with Gasteiger partial charge < -0.3 is 0 Å². The third-order valence-electron chi connectivity index (χ3n) is 2.15. The van der Waals surface area contributed by atoms with Gasteiger partial charge in [0.1, 0.15) is 0 Å². The highest BCUT2D eigenvalue weighted by atomic mass is 35.5. The first-order valence-electron chi connectivity index (χ1n) is 4.48. The molecule has 0 aromatic heterocycles. The van der Waals surface area contributed by atoms with Crippen LogP contribution < -0.4 is 0 Å². The van der Waals surface area contributed by atoms with Crippen molar-refractivity contribution in [3.63, 3.8) is 0 Å². The zero-order valence-electron chi connectivity index (χ0n) is 7.98. The van der Waals surface area contributed by atoms with Gasteiger partial charge in [-0.1, -0.05) is 46.4 Å². The van der Waals surface area contributed by atoms with Gasteiger partial charge >= 0.3 is 0 Å². The summed E-state index contributed by atoms with van der Waals surface area (Å²) in [4.78, 5) is 0. The number of rotatable bonds is 1. The average molecular weight is 316 g/mol. The van der Waals surface area contributed by atoms with Crippen molar-refractivity contribution in [3.05, 3.63) is 56.5 Å². The van der Waals surface area contributed by atoms with Crippen molar-refractivity contribution in [2.24, 2.45) is 0 Å². The van der Waals surface area contributed by atoms with Gasteiger partial charge in [-0.3, -0.25) is 0 Å². The fraction of sp³-hybridized carbons (Fsp3) is 0. The lowest BCUT2D eigenvalue weighted by atomic mass is 12.1.